The summed E-state index contributed by atoms with van der Waals surface area (Å²) in [6.07, 6.45) is 6.15. The van der Waals surface area contributed by atoms with Crippen molar-refractivity contribution in [1.82, 2.24) is 0 Å². The van der Waals surface area contributed by atoms with Crippen molar-refractivity contribution in [3.8, 4) is 0 Å². The number of carbonyl (C=O) groups is 2. The van der Waals surface area contributed by atoms with Gasteiger partial charge in [0.15, 0.2) is 0 Å². The summed E-state index contributed by atoms with van der Waals surface area (Å²) in [6.45, 7) is 5.11. The van der Waals surface area contributed by atoms with Gasteiger partial charge in [-0.2, -0.15) is 0 Å². The van der Waals surface area contributed by atoms with E-state index in [1.54, 1.807) is 0 Å². The van der Waals surface area contributed by atoms with E-state index in [0.717, 1.165) is 47.8 Å². The van der Waals surface area contributed by atoms with E-state index in [0.29, 0.717) is 18.9 Å². The van der Waals surface area contributed by atoms with Crippen molar-refractivity contribution < 1.29 is 19.1 Å². The first kappa shape index (κ1) is 16.1. The predicted octanol–water partition coefficient (Wildman–Crippen LogP) is 3.44. The Morgan fingerprint density at radius 2 is 1.76 bits per heavy atom. The van der Waals surface area contributed by atoms with Crippen molar-refractivity contribution >= 4 is 11.9 Å². The Kier molecular flexibility index (Phi) is 3.69. The standard InChI is InChI=1S/C21H30O4/c1-3-11-12(4-2)15-9-14(11)18-10-7-13(19(15)18)16(8-10)20(22)25-17-5-6-24-21(17)23/h10-19H,3-9H2,1-2H3. The fraction of sp³-hybridized carbons (Fsp3) is 0.905. The summed E-state index contributed by atoms with van der Waals surface area (Å²) in [6, 6.07) is 0. The third kappa shape index (κ3) is 2.12. The van der Waals surface area contributed by atoms with E-state index in [1.807, 2.05) is 0 Å². The highest BCUT2D eigenvalue weighted by atomic mass is 16.6. The maximum atomic E-state index is 12.8. The molecule has 5 fully saturated rings. The van der Waals surface area contributed by atoms with Crippen LogP contribution < -0.4 is 0 Å². The van der Waals surface area contributed by atoms with Crippen LogP contribution in [0.5, 0.6) is 0 Å². The Balaban J connectivity index is 1.33. The van der Waals surface area contributed by atoms with Crippen LogP contribution in [0.4, 0.5) is 0 Å². The molecule has 0 aromatic rings. The third-order valence-corrected chi connectivity index (χ3v) is 8.71. The number of cyclic esters (lactones) is 1. The summed E-state index contributed by atoms with van der Waals surface area (Å²) in [5, 5.41) is 0. The minimum Gasteiger partial charge on any atom is -0.463 e. The van der Waals surface area contributed by atoms with Crippen molar-refractivity contribution in [2.45, 2.75) is 58.5 Å². The van der Waals surface area contributed by atoms with Gasteiger partial charge in [0.1, 0.15) is 0 Å². The maximum Gasteiger partial charge on any atom is 0.347 e. The molecule has 5 rings (SSSR count). The van der Waals surface area contributed by atoms with Crippen LogP contribution in [0.1, 0.15) is 52.4 Å². The Bertz CT molecular complexity index is 586. The summed E-state index contributed by atoms with van der Waals surface area (Å²) >= 11 is 0. The van der Waals surface area contributed by atoms with Gasteiger partial charge in [-0.1, -0.05) is 26.7 Å². The van der Waals surface area contributed by atoms with Gasteiger partial charge in [0.25, 0.3) is 0 Å². The molecular formula is C21H30O4. The number of ether oxygens (including phenoxy) is 2. The van der Waals surface area contributed by atoms with Crippen molar-refractivity contribution in [2.75, 3.05) is 6.61 Å². The largest absolute Gasteiger partial charge is 0.463 e. The van der Waals surface area contributed by atoms with Gasteiger partial charge in [-0.3, -0.25) is 4.79 Å². The highest BCUT2D eigenvalue weighted by molar-refractivity contribution is 5.81. The van der Waals surface area contributed by atoms with E-state index >= 15 is 0 Å². The van der Waals surface area contributed by atoms with Gasteiger partial charge >= 0.3 is 11.9 Å². The van der Waals surface area contributed by atoms with E-state index in [1.165, 1.54) is 25.7 Å². The van der Waals surface area contributed by atoms with Crippen LogP contribution in [-0.2, 0) is 19.1 Å². The fourth-order valence-corrected chi connectivity index (χ4v) is 8.17. The molecular weight excluding hydrogens is 316 g/mol. The molecule has 5 aliphatic rings. The normalized spacial score (nSPS) is 52.5. The van der Waals surface area contributed by atoms with Crippen LogP contribution in [0.2, 0.25) is 0 Å². The zero-order chi connectivity index (χ0) is 17.3. The first-order chi connectivity index (χ1) is 12.1. The van der Waals surface area contributed by atoms with Gasteiger partial charge in [0.2, 0.25) is 6.10 Å². The van der Waals surface area contributed by atoms with Crippen LogP contribution in [0, 0.1) is 53.3 Å². The number of hydrogen-bond donors (Lipinski definition) is 0. The molecule has 10 unspecified atom stereocenters. The molecule has 0 spiro atoms. The summed E-state index contributed by atoms with van der Waals surface area (Å²) in [4.78, 5) is 24.4. The lowest BCUT2D eigenvalue weighted by Gasteiger charge is -2.44. The average molecular weight is 346 g/mol. The lowest BCUT2D eigenvalue weighted by molar-refractivity contribution is -0.166. The number of fused-ring (bicyclic) bond motifs is 9. The third-order valence-electron chi connectivity index (χ3n) is 8.71. The zero-order valence-electron chi connectivity index (χ0n) is 15.4. The van der Waals surface area contributed by atoms with Crippen LogP contribution in [0.15, 0.2) is 0 Å². The highest BCUT2D eigenvalue weighted by Gasteiger charge is 2.67. The van der Waals surface area contributed by atoms with Crippen LogP contribution in [-0.4, -0.2) is 24.6 Å². The molecule has 10 atom stereocenters. The lowest BCUT2D eigenvalue weighted by atomic mass is 9.60. The molecule has 25 heavy (non-hydrogen) atoms. The molecule has 0 radical (unpaired) electrons. The molecule has 0 amide bonds. The predicted molar refractivity (Wildman–Crippen MR) is 91.3 cm³/mol. The molecule has 0 N–H and O–H groups in total. The van der Waals surface area contributed by atoms with Gasteiger partial charge in [-0.05, 0) is 66.6 Å². The molecule has 4 aliphatic carbocycles. The quantitative estimate of drug-likeness (QED) is 0.578. The summed E-state index contributed by atoms with van der Waals surface area (Å²) < 4.78 is 10.5. The second-order valence-corrected chi connectivity index (χ2v) is 9.25. The topological polar surface area (TPSA) is 52.6 Å². The lowest BCUT2D eigenvalue weighted by Crippen LogP contribution is -2.42. The van der Waals surface area contributed by atoms with Crippen molar-refractivity contribution in [2.24, 2.45) is 53.3 Å². The highest BCUT2D eigenvalue weighted by Crippen LogP contribution is 2.72. The molecule has 0 aromatic carbocycles. The van der Waals surface area contributed by atoms with Crippen molar-refractivity contribution in [1.29, 1.82) is 0 Å². The van der Waals surface area contributed by atoms with E-state index in [9.17, 15) is 9.59 Å². The minimum atomic E-state index is -0.643. The second kappa shape index (κ2) is 5.72. The van der Waals surface area contributed by atoms with Gasteiger partial charge in [0, 0.05) is 6.42 Å². The molecule has 138 valence electrons. The van der Waals surface area contributed by atoms with E-state index in [2.05, 4.69) is 13.8 Å². The summed E-state index contributed by atoms with van der Waals surface area (Å²) in [5.74, 6) is 6.00. The molecule has 4 nitrogen and oxygen atoms in total. The fourth-order valence-electron chi connectivity index (χ4n) is 8.17. The Hall–Kier alpha value is -1.06. The zero-order valence-corrected chi connectivity index (χ0v) is 15.4. The van der Waals surface area contributed by atoms with E-state index < -0.39 is 6.10 Å². The second-order valence-electron chi connectivity index (χ2n) is 9.25. The molecule has 1 saturated heterocycles. The number of rotatable bonds is 4. The van der Waals surface area contributed by atoms with Crippen molar-refractivity contribution in [3.05, 3.63) is 0 Å². The molecule has 1 heterocycles. The molecule has 0 aromatic heterocycles. The summed E-state index contributed by atoms with van der Waals surface area (Å²) in [5.41, 5.74) is 0. The Morgan fingerprint density at radius 3 is 2.40 bits per heavy atom. The molecule has 1 aliphatic heterocycles. The van der Waals surface area contributed by atoms with Gasteiger partial charge in [-0.15, -0.1) is 0 Å². The smallest absolute Gasteiger partial charge is 0.347 e. The molecule has 4 bridgehead atoms. The Morgan fingerprint density at radius 1 is 1.04 bits per heavy atom. The van der Waals surface area contributed by atoms with Crippen LogP contribution in [0.25, 0.3) is 0 Å². The Labute approximate surface area is 150 Å². The van der Waals surface area contributed by atoms with Crippen LogP contribution in [0.3, 0.4) is 0 Å². The monoisotopic (exact) mass is 346 g/mol. The van der Waals surface area contributed by atoms with Crippen molar-refractivity contribution in [3.63, 3.8) is 0 Å². The first-order valence-electron chi connectivity index (χ1n) is 10.5. The van der Waals surface area contributed by atoms with Gasteiger partial charge in [0.05, 0.1) is 12.5 Å². The van der Waals surface area contributed by atoms with E-state index in [4.69, 9.17) is 9.47 Å². The number of hydrogen-bond acceptors (Lipinski definition) is 4. The van der Waals surface area contributed by atoms with Gasteiger partial charge < -0.3 is 9.47 Å². The van der Waals surface area contributed by atoms with Gasteiger partial charge in [-0.25, -0.2) is 4.79 Å². The molecule has 4 heteroatoms. The molecule has 4 saturated carbocycles. The SMILES string of the molecule is CCC1C(CC)C2CC1C1C3CC(C(=O)OC4CCOC4=O)C(C3)C21. The maximum absolute atomic E-state index is 12.8. The van der Waals surface area contributed by atoms with E-state index in [-0.39, 0.29) is 17.9 Å². The average Bonchev–Trinajstić information content (AvgIpc) is 3.39. The first-order valence-corrected chi connectivity index (χ1v) is 10.5. The minimum absolute atomic E-state index is 0.0385. The number of esters is 2. The summed E-state index contributed by atoms with van der Waals surface area (Å²) in [7, 11) is 0. The van der Waals surface area contributed by atoms with Crippen LogP contribution >= 0.6 is 0 Å². The number of carbonyl (C=O) groups excluding carboxylic acids is 2.